The smallest absolute Gasteiger partial charge is 0.277 e. The van der Waals surface area contributed by atoms with Gasteiger partial charge in [-0.15, -0.1) is 0 Å². The van der Waals surface area contributed by atoms with Gasteiger partial charge in [0.05, 0.1) is 22.2 Å². The van der Waals surface area contributed by atoms with Gasteiger partial charge in [-0.2, -0.15) is 16.4 Å². The van der Waals surface area contributed by atoms with Crippen molar-refractivity contribution in [3.05, 3.63) is 104 Å². The molecule has 10 heteroatoms. The maximum Gasteiger partial charge on any atom is 0.277 e. The molecule has 0 saturated heterocycles. The van der Waals surface area contributed by atoms with E-state index in [2.05, 4.69) is 15.3 Å². The first-order chi connectivity index (χ1) is 15.6. The summed E-state index contributed by atoms with van der Waals surface area (Å²) < 4.78 is 1.40. The van der Waals surface area contributed by atoms with Crippen molar-refractivity contribution >= 4 is 34.7 Å². The molecular formula is C23H19ClN5O2S2-. The van der Waals surface area contributed by atoms with Crippen LogP contribution in [0.15, 0.2) is 92.3 Å². The lowest BCUT2D eigenvalue weighted by atomic mass is 9.97. The summed E-state index contributed by atoms with van der Waals surface area (Å²) >= 11 is 8.86. The molecule has 2 aromatic carbocycles. The molecule has 0 aliphatic rings. The number of H-pyrrole nitrogens is 2. The number of benzene rings is 2. The Morgan fingerprint density at radius 1 is 1.09 bits per heavy atom. The highest BCUT2D eigenvalue weighted by Crippen LogP contribution is 2.38. The van der Waals surface area contributed by atoms with Crippen molar-refractivity contribution in [3.63, 3.8) is 0 Å². The van der Waals surface area contributed by atoms with Gasteiger partial charge in [0.15, 0.2) is 0 Å². The molecule has 3 heterocycles. The van der Waals surface area contributed by atoms with E-state index in [1.165, 1.54) is 16.0 Å². The van der Waals surface area contributed by atoms with Gasteiger partial charge in [-0.25, -0.2) is 0 Å². The van der Waals surface area contributed by atoms with Crippen LogP contribution in [0.1, 0.15) is 17.2 Å². The summed E-state index contributed by atoms with van der Waals surface area (Å²) in [6.07, 6.45) is 3.56. The van der Waals surface area contributed by atoms with Crippen LogP contribution >= 0.6 is 34.7 Å². The third kappa shape index (κ3) is 4.49. The molecule has 0 amide bonds. The highest BCUT2D eigenvalue weighted by Gasteiger charge is 2.22. The van der Waals surface area contributed by atoms with E-state index in [0.717, 1.165) is 34.0 Å². The lowest BCUT2D eigenvalue weighted by Gasteiger charge is -2.24. The lowest BCUT2D eigenvalue weighted by Crippen LogP contribution is -2.17. The summed E-state index contributed by atoms with van der Waals surface area (Å²) in [6.45, 7) is 0. The number of rotatable bonds is 6. The fraction of sp³-hybridized carbons (Fsp3) is 0.0435. The first-order valence-corrected chi connectivity index (χ1v) is 11.8. The zero-order chi connectivity index (χ0) is 22.1. The topological polar surface area (TPSA) is 125 Å². The van der Waals surface area contributed by atoms with Crippen LogP contribution in [0.25, 0.3) is 11.1 Å². The zero-order valence-corrected chi connectivity index (χ0v) is 19.6. The van der Waals surface area contributed by atoms with E-state index in [0.29, 0.717) is 9.92 Å². The molecule has 33 heavy (non-hydrogen) atoms. The second-order valence-electron chi connectivity index (χ2n) is 7.05. The predicted octanol–water partition coefficient (Wildman–Crippen LogP) is 5.31. The van der Waals surface area contributed by atoms with Gasteiger partial charge in [-0.05, 0) is 51.7 Å². The molecule has 0 bridgehead atoms. The molecule has 1 unspecified atom stereocenters. The monoisotopic (exact) mass is 496 g/mol. The summed E-state index contributed by atoms with van der Waals surface area (Å²) in [7, 11) is 0. The van der Waals surface area contributed by atoms with E-state index >= 15 is 0 Å². The second kappa shape index (κ2) is 9.72. The van der Waals surface area contributed by atoms with Gasteiger partial charge in [0.2, 0.25) is 0 Å². The Kier molecular flexibility index (Phi) is 6.75. The number of aromatic amines is 2. The Balaban J connectivity index is 0.00000259. The molecule has 0 aliphatic heterocycles. The number of aromatic nitrogens is 4. The molecule has 5 N–H and O–H groups in total. The van der Waals surface area contributed by atoms with E-state index < -0.39 is 11.6 Å². The molecule has 5 aromatic rings. The molecule has 3 aromatic heterocycles. The first-order valence-electron chi connectivity index (χ1n) is 9.67. The molecule has 0 aliphatic carbocycles. The van der Waals surface area contributed by atoms with E-state index in [9.17, 15) is 9.90 Å². The molecule has 0 fully saturated rings. The number of thiophene rings is 1. The van der Waals surface area contributed by atoms with Gasteiger partial charge in [0.25, 0.3) is 5.56 Å². The number of hydrogen-bond donors (Lipinski definition) is 3. The molecule has 7 nitrogen and oxygen atoms in total. The Morgan fingerprint density at radius 3 is 2.67 bits per heavy atom. The third-order valence-corrected chi connectivity index (χ3v) is 7.32. The third-order valence-electron chi connectivity index (χ3n) is 5.04. The first kappa shape index (κ1) is 22.9. The van der Waals surface area contributed by atoms with Crippen molar-refractivity contribution in [2.24, 2.45) is 0 Å². The molecule has 168 valence electrons. The van der Waals surface area contributed by atoms with Gasteiger partial charge in [0, 0.05) is 22.5 Å². The van der Waals surface area contributed by atoms with Gasteiger partial charge in [-0.3, -0.25) is 19.7 Å². The van der Waals surface area contributed by atoms with E-state index in [-0.39, 0.29) is 16.9 Å². The average molecular weight is 497 g/mol. The average Bonchev–Trinajstić information content (AvgIpc) is 3.56. The van der Waals surface area contributed by atoms with Crippen LogP contribution in [-0.4, -0.2) is 20.0 Å². The van der Waals surface area contributed by atoms with Gasteiger partial charge >= 0.3 is 0 Å². The standard InChI is InChI=1S/C23H17ClN4O2S2.H3N/c24-18-6-1-2-7-19(18)32-21-22(29)27-28(23(21)30)20(16-8-9-31-13-16)15-5-3-4-14(10-15)17-11-25-26-12-17;/h1-13,20,30H,(H,25,26)(H,27,29);1H3/p-1. The van der Waals surface area contributed by atoms with Crippen LogP contribution in [0, 0.1) is 0 Å². The van der Waals surface area contributed by atoms with Crippen LogP contribution in [0.4, 0.5) is 0 Å². The Hall–Kier alpha value is -3.24. The predicted molar refractivity (Wildman–Crippen MR) is 131 cm³/mol. The van der Waals surface area contributed by atoms with Gasteiger partial charge in [0.1, 0.15) is 0 Å². The van der Waals surface area contributed by atoms with E-state index in [1.807, 2.05) is 53.4 Å². The zero-order valence-electron chi connectivity index (χ0n) is 17.2. The molecule has 0 radical (unpaired) electrons. The Labute approximate surface area is 202 Å². The van der Waals surface area contributed by atoms with Crippen LogP contribution in [-0.2, 0) is 0 Å². The Morgan fingerprint density at radius 2 is 1.94 bits per heavy atom. The van der Waals surface area contributed by atoms with Crippen molar-refractivity contribution in [1.82, 2.24) is 26.1 Å². The van der Waals surface area contributed by atoms with Crippen molar-refractivity contribution < 1.29 is 5.11 Å². The van der Waals surface area contributed by atoms with Crippen molar-refractivity contribution in [3.8, 4) is 17.0 Å². The van der Waals surface area contributed by atoms with Crippen LogP contribution in [0.5, 0.6) is 5.88 Å². The number of nitrogens with zero attached hydrogens (tertiary/aromatic N) is 2. The molecule has 0 spiro atoms. The summed E-state index contributed by atoms with van der Waals surface area (Å²) in [5.41, 5.74) is 3.25. The summed E-state index contributed by atoms with van der Waals surface area (Å²) in [6, 6.07) is 16.5. The highest BCUT2D eigenvalue weighted by molar-refractivity contribution is 7.99. The minimum Gasteiger partial charge on any atom is -0.858 e. The summed E-state index contributed by atoms with van der Waals surface area (Å²) in [4.78, 5) is 13.5. The molecular weight excluding hydrogens is 478 g/mol. The van der Waals surface area contributed by atoms with E-state index in [1.54, 1.807) is 24.4 Å². The lowest BCUT2D eigenvalue weighted by molar-refractivity contribution is -0.284. The van der Waals surface area contributed by atoms with Crippen molar-refractivity contribution in [2.45, 2.75) is 15.8 Å². The van der Waals surface area contributed by atoms with Crippen LogP contribution < -0.4 is 16.8 Å². The van der Waals surface area contributed by atoms with Gasteiger partial charge in [-0.1, -0.05) is 53.7 Å². The minimum absolute atomic E-state index is 0. The fourth-order valence-electron chi connectivity index (χ4n) is 3.54. The van der Waals surface area contributed by atoms with Crippen molar-refractivity contribution in [2.75, 3.05) is 0 Å². The summed E-state index contributed by atoms with van der Waals surface area (Å²) in [5.74, 6) is -0.384. The number of halogens is 1. The van der Waals surface area contributed by atoms with Crippen molar-refractivity contribution in [1.29, 1.82) is 0 Å². The van der Waals surface area contributed by atoms with Crippen LogP contribution in [0.3, 0.4) is 0 Å². The molecule has 1 atom stereocenters. The quantitative estimate of drug-likeness (QED) is 0.294. The van der Waals surface area contributed by atoms with Gasteiger partial charge < -0.3 is 11.3 Å². The fourth-order valence-corrected chi connectivity index (χ4v) is 5.33. The number of nitrogens with one attached hydrogen (secondary N) is 2. The normalized spacial score (nSPS) is 11.8. The molecule has 5 rings (SSSR count). The largest absolute Gasteiger partial charge is 0.858 e. The number of hydrogen-bond acceptors (Lipinski definition) is 6. The van der Waals surface area contributed by atoms with E-state index in [4.69, 9.17) is 11.6 Å². The summed E-state index contributed by atoms with van der Waals surface area (Å²) in [5, 5.41) is 27.4. The Bertz CT molecular complexity index is 1410. The maximum atomic E-state index is 13.4. The highest BCUT2D eigenvalue weighted by atomic mass is 35.5. The second-order valence-corrected chi connectivity index (χ2v) is 9.29. The minimum atomic E-state index is -0.478. The maximum absolute atomic E-state index is 13.4. The van der Waals surface area contributed by atoms with Crippen LogP contribution in [0.2, 0.25) is 5.02 Å². The SMILES string of the molecule is N.O=c1[nH]n(C(c2ccsc2)c2cccc(-c3cn[nH]c3)c2)c([O-])c1Sc1ccccc1Cl. The molecule has 0 saturated carbocycles.